The van der Waals surface area contributed by atoms with E-state index in [0.717, 1.165) is 30.3 Å². The average molecular weight is 351 g/mol. The molecule has 130 valence electrons. The van der Waals surface area contributed by atoms with Crippen LogP contribution in [0, 0.1) is 31.9 Å². The van der Waals surface area contributed by atoms with Gasteiger partial charge < -0.3 is 5.32 Å². The molecule has 0 bridgehead atoms. The van der Waals surface area contributed by atoms with Crippen LogP contribution in [-0.2, 0) is 0 Å². The molecule has 1 unspecified atom stereocenters. The van der Waals surface area contributed by atoms with Gasteiger partial charge in [0.2, 0.25) is 0 Å². The molecule has 0 aliphatic carbocycles. The van der Waals surface area contributed by atoms with Crippen molar-refractivity contribution in [2.75, 3.05) is 0 Å². The van der Waals surface area contributed by atoms with Gasteiger partial charge in [-0.15, -0.1) is 0 Å². The molecule has 0 aliphatic rings. The zero-order valence-electron chi connectivity index (χ0n) is 12.7. The number of amides is 1. The Morgan fingerprint density at radius 3 is 2.04 bits per heavy atom. The first kappa shape index (κ1) is 17.9. The molecule has 0 spiro atoms. The zero-order valence-corrected chi connectivity index (χ0v) is 12.7. The summed E-state index contributed by atoms with van der Waals surface area (Å²) < 4.78 is 26.2. The lowest BCUT2D eigenvalue weighted by Gasteiger charge is -2.14. The van der Waals surface area contributed by atoms with Crippen molar-refractivity contribution in [3.8, 4) is 0 Å². The quantitative estimate of drug-likeness (QED) is 0.655. The molecule has 1 atom stereocenters. The summed E-state index contributed by atoms with van der Waals surface area (Å²) >= 11 is 0. The summed E-state index contributed by atoms with van der Waals surface area (Å²) in [5, 5.41) is 24.1. The van der Waals surface area contributed by atoms with E-state index in [1.54, 1.807) is 0 Å². The molecule has 2 aromatic rings. The van der Waals surface area contributed by atoms with Crippen LogP contribution in [0.5, 0.6) is 0 Å². The second-order valence-corrected chi connectivity index (χ2v) is 5.12. The van der Waals surface area contributed by atoms with Crippen LogP contribution < -0.4 is 5.32 Å². The van der Waals surface area contributed by atoms with Crippen LogP contribution in [-0.4, -0.2) is 15.8 Å². The summed E-state index contributed by atoms with van der Waals surface area (Å²) in [6.07, 6.45) is 0. The van der Waals surface area contributed by atoms with Gasteiger partial charge in [-0.1, -0.05) is 6.07 Å². The first-order valence-corrected chi connectivity index (χ1v) is 6.88. The van der Waals surface area contributed by atoms with Crippen molar-refractivity contribution >= 4 is 17.3 Å². The molecule has 2 rings (SSSR count). The lowest BCUT2D eigenvalue weighted by Crippen LogP contribution is -2.26. The number of hydrogen-bond acceptors (Lipinski definition) is 5. The van der Waals surface area contributed by atoms with Crippen molar-refractivity contribution in [2.45, 2.75) is 13.0 Å². The van der Waals surface area contributed by atoms with Crippen LogP contribution in [0.4, 0.5) is 20.2 Å². The minimum Gasteiger partial charge on any atom is -0.346 e. The van der Waals surface area contributed by atoms with E-state index >= 15 is 0 Å². The third-order valence-corrected chi connectivity index (χ3v) is 3.38. The summed E-state index contributed by atoms with van der Waals surface area (Å²) in [5.74, 6) is -2.97. The fourth-order valence-corrected chi connectivity index (χ4v) is 2.08. The number of hydrogen-bond donors (Lipinski definition) is 1. The standard InChI is InChI=1S/C15H11F2N3O5/c1-8(9-2-3-13(16)14(17)6-9)18-15(21)10-4-11(19(22)23)7-12(5-10)20(24)25/h2-8H,1H3,(H,18,21). The van der Waals surface area contributed by atoms with Gasteiger partial charge >= 0.3 is 0 Å². The molecule has 0 aliphatic heterocycles. The van der Waals surface area contributed by atoms with E-state index in [-0.39, 0.29) is 11.1 Å². The number of benzene rings is 2. The smallest absolute Gasteiger partial charge is 0.277 e. The Labute approximate surface area is 139 Å². The van der Waals surface area contributed by atoms with Gasteiger partial charge in [-0.2, -0.15) is 0 Å². The molecule has 25 heavy (non-hydrogen) atoms. The van der Waals surface area contributed by atoms with E-state index in [2.05, 4.69) is 5.32 Å². The number of non-ortho nitro benzene ring substituents is 2. The molecule has 0 fully saturated rings. The highest BCUT2D eigenvalue weighted by molar-refractivity contribution is 5.95. The van der Waals surface area contributed by atoms with Crippen molar-refractivity contribution in [2.24, 2.45) is 0 Å². The minimum atomic E-state index is -1.09. The molecular weight excluding hydrogens is 340 g/mol. The minimum absolute atomic E-state index is 0.257. The number of rotatable bonds is 5. The Morgan fingerprint density at radius 2 is 1.56 bits per heavy atom. The molecule has 0 saturated heterocycles. The third kappa shape index (κ3) is 4.10. The van der Waals surface area contributed by atoms with Crippen LogP contribution in [0.2, 0.25) is 0 Å². The number of nitro benzene ring substituents is 2. The van der Waals surface area contributed by atoms with Gasteiger partial charge in [-0.3, -0.25) is 25.0 Å². The second kappa shape index (κ2) is 6.99. The van der Waals surface area contributed by atoms with Crippen LogP contribution in [0.25, 0.3) is 0 Å². The maximum atomic E-state index is 13.2. The van der Waals surface area contributed by atoms with E-state index in [9.17, 15) is 33.8 Å². The maximum absolute atomic E-state index is 13.2. The Morgan fingerprint density at radius 1 is 1.00 bits per heavy atom. The van der Waals surface area contributed by atoms with Crippen LogP contribution in [0.1, 0.15) is 28.9 Å². The number of nitrogens with zero attached hydrogens (tertiary/aromatic N) is 2. The van der Waals surface area contributed by atoms with E-state index < -0.39 is 44.8 Å². The van der Waals surface area contributed by atoms with Gasteiger partial charge in [0, 0.05) is 12.1 Å². The topological polar surface area (TPSA) is 115 Å². The normalized spacial score (nSPS) is 11.6. The Bertz CT molecular complexity index is 840. The molecule has 2 aromatic carbocycles. The SMILES string of the molecule is CC(NC(=O)c1cc([N+](=O)[O-])cc([N+](=O)[O-])c1)c1ccc(F)c(F)c1. The number of nitrogens with one attached hydrogen (secondary N) is 1. The summed E-state index contributed by atoms with van der Waals surface area (Å²) in [7, 11) is 0. The molecule has 0 saturated carbocycles. The van der Waals surface area contributed by atoms with Crippen LogP contribution in [0.3, 0.4) is 0 Å². The van der Waals surface area contributed by atoms with Crippen molar-refractivity contribution < 1.29 is 23.4 Å². The summed E-state index contributed by atoms with van der Waals surface area (Å²) in [5.41, 5.74) is -1.26. The van der Waals surface area contributed by atoms with Gasteiger partial charge in [0.25, 0.3) is 17.3 Å². The van der Waals surface area contributed by atoms with E-state index in [1.807, 2.05) is 0 Å². The first-order valence-electron chi connectivity index (χ1n) is 6.88. The van der Waals surface area contributed by atoms with Crippen molar-refractivity contribution in [3.05, 3.63) is 79.4 Å². The molecular formula is C15H11F2N3O5. The first-order chi connectivity index (χ1) is 11.7. The number of carbonyl (C=O) groups excluding carboxylic acids is 1. The molecule has 8 nitrogen and oxygen atoms in total. The Balaban J connectivity index is 2.29. The predicted molar refractivity (Wildman–Crippen MR) is 82.0 cm³/mol. The number of halogens is 2. The molecule has 0 heterocycles. The van der Waals surface area contributed by atoms with Gasteiger partial charge in [-0.25, -0.2) is 8.78 Å². The lowest BCUT2D eigenvalue weighted by molar-refractivity contribution is -0.394. The molecule has 0 radical (unpaired) electrons. The Kier molecular flexibility index (Phi) is 5.01. The zero-order chi connectivity index (χ0) is 18.7. The fraction of sp³-hybridized carbons (Fsp3) is 0.133. The molecule has 0 aromatic heterocycles. The van der Waals surface area contributed by atoms with Crippen LogP contribution in [0.15, 0.2) is 36.4 Å². The molecule has 10 heteroatoms. The van der Waals surface area contributed by atoms with Crippen molar-refractivity contribution in [3.63, 3.8) is 0 Å². The van der Waals surface area contributed by atoms with Gasteiger partial charge in [-0.05, 0) is 24.6 Å². The monoisotopic (exact) mass is 351 g/mol. The predicted octanol–water partition coefficient (Wildman–Crippen LogP) is 3.27. The van der Waals surface area contributed by atoms with E-state index in [0.29, 0.717) is 0 Å². The number of carbonyl (C=O) groups is 1. The van der Waals surface area contributed by atoms with Gasteiger partial charge in [0.05, 0.1) is 27.5 Å². The molecule has 1 N–H and O–H groups in total. The summed E-state index contributed by atoms with van der Waals surface area (Å²) in [6.45, 7) is 1.48. The van der Waals surface area contributed by atoms with E-state index in [4.69, 9.17) is 0 Å². The lowest BCUT2D eigenvalue weighted by atomic mass is 10.1. The molecule has 1 amide bonds. The highest BCUT2D eigenvalue weighted by Crippen LogP contribution is 2.23. The van der Waals surface area contributed by atoms with Gasteiger partial charge in [0.15, 0.2) is 11.6 Å². The highest BCUT2D eigenvalue weighted by Gasteiger charge is 2.21. The fourth-order valence-electron chi connectivity index (χ4n) is 2.08. The number of nitro groups is 2. The van der Waals surface area contributed by atoms with E-state index in [1.165, 1.54) is 13.0 Å². The largest absolute Gasteiger partial charge is 0.346 e. The summed E-state index contributed by atoms with van der Waals surface area (Å²) in [4.78, 5) is 32.2. The van der Waals surface area contributed by atoms with Crippen molar-refractivity contribution in [1.29, 1.82) is 0 Å². The van der Waals surface area contributed by atoms with Gasteiger partial charge in [0.1, 0.15) is 0 Å². The highest BCUT2D eigenvalue weighted by atomic mass is 19.2. The average Bonchev–Trinajstić information content (AvgIpc) is 2.56. The van der Waals surface area contributed by atoms with Crippen LogP contribution >= 0.6 is 0 Å². The third-order valence-electron chi connectivity index (χ3n) is 3.38. The maximum Gasteiger partial charge on any atom is 0.277 e. The summed E-state index contributed by atoms with van der Waals surface area (Å²) in [6, 6.07) is 4.80. The second-order valence-electron chi connectivity index (χ2n) is 5.12. The van der Waals surface area contributed by atoms with Crippen molar-refractivity contribution in [1.82, 2.24) is 5.32 Å². The Hall–Kier alpha value is -3.43.